The minimum atomic E-state index is 0.948. The van der Waals surface area contributed by atoms with Crippen molar-refractivity contribution < 1.29 is 0 Å². The van der Waals surface area contributed by atoms with E-state index in [0.29, 0.717) is 0 Å². The summed E-state index contributed by atoms with van der Waals surface area (Å²) in [5, 5.41) is 0. The van der Waals surface area contributed by atoms with Crippen molar-refractivity contribution in [3.63, 3.8) is 0 Å². The Balaban J connectivity index is 2.32. The first-order valence-electron chi connectivity index (χ1n) is 8.66. The number of piperidine rings is 1. The monoisotopic (exact) mass is 265 g/mol. The lowest BCUT2D eigenvalue weighted by molar-refractivity contribution is 0.204. The largest absolute Gasteiger partial charge is 0.299 e. The summed E-state index contributed by atoms with van der Waals surface area (Å²) in [4.78, 5) is 2.68. The summed E-state index contributed by atoms with van der Waals surface area (Å²) in [5.74, 6) is 0.948. The molecule has 1 fully saturated rings. The van der Waals surface area contributed by atoms with Crippen molar-refractivity contribution in [1.29, 1.82) is 0 Å². The highest BCUT2D eigenvalue weighted by molar-refractivity contribution is 5.05. The third kappa shape index (κ3) is 7.77. The van der Waals surface area contributed by atoms with Crippen LogP contribution in [0.3, 0.4) is 0 Å². The van der Waals surface area contributed by atoms with Crippen molar-refractivity contribution in [1.82, 2.24) is 4.90 Å². The van der Waals surface area contributed by atoms with E-state index in [-0.39, 0.29) is 0 Å². The second kappa shape index (κ2) is 10.5. The number of hydrogen-bond donors (Lipinski definition) is 0. The van der Waals surface area contributed by atoms with E-state index in [4.69, 9.17) is 0 Å². The summed E-state index contributed by atoms with van der Waals surface area (Å²) in [6.07, 6.45) is 14.8. The Hall–Kier alpha value is -0.300. The molecule has 0 radical (unpaired) electrons. The van der Waals surface area contributed by atoms with Gasteiger partial charge < -0.3 is 0 Å². The van der Waals surface area contributed by atoms with E-state index in [1.807, 2.05) is 0 Å². The van der Waals surface area contributed by atoms with Gasteiger partial charge in [-0.2, -0.15) is 0 Å². The van der Waals surface area contributed by atoms with Gasteiger partial charge in [-0.05, 0) is 51.1 Å². The van der Waals surface area contributed by atoms with E-state index in [9.17, 15) is 0 Å². The van der Waals surface area contributed by atoms with Gasteiger partial charge in [0.05, 0.1) is 0 Å². The van der Waals surface area contributed by atoms with Crippen molar-refractivity contribution >= 4 is 0 Å². The summed E-state index contributed by atoms with van der Waals surface area (Å²) in [5.41, 5.74) is 1.72. The van der Waals surface area contributed by atoms with E-state index in [1.165, 1.54) is 77.4 Å². The van der Waals surface area contributed by atoms with E-state index in [0.717, 1.165) is 5.92 Å². The maximum Gasteiger partial charge on any atom is 0.0192 e. The molecule has 112 valence electrons. The van der Waals surface area contributed by atoms with Crippen LogP contribution in [0.4, 0.5) is 0 Å². The predicted molar refractivity (Wildman–Crippen MR) is 86.6 cm³/mol. The van der Waals surface area contributed by atoms with Gasteiger partial charge in [0.25, 0.3) is 0 Å². The van der Waals surface area contributed by atoms with Crippen LogP contribution >= 0.6 is 0 Å². The first-order chi connectivity index (χ1) is 9.26. The van der Waals surface area contributed by atoms with Crippen molar-refractivity contribution in [3.8, 4) is 0 Å². The molecular formula is C18H35N. The minimum absolute atomic E-state index is 0.948. The first-order valence-corrected chi connectivity index (χ1v) is 8.66. The van der Waals surface area contributed by atoms with Crippen LogP contribution in [0, 0.1) is 5.92 Å². The van der Waals surface area contributed by atoms with Gasteiger partial charge in [0.1, 0.15) is 0 Å². The zero-order valence-corrected chi connectivity index (χ0v) is 13.6. The van der Waals surface area contributed by atoms with Gasteiger partial charge in [-0.25, -0.2) is 0 Å². The van der Waals surface area contributed by atoms with Crippen molar-refractivity contribution in [2.24, 2.45) is 5.92 Å². The molecular weight excluding hydrogens is 230 g/mol. The molecule has 19 heavy (non-hydrogen) atoms. The number of nitrogens with zero attached hydrogens (tertiary/aromatic N) is 1. The molecule has 1 heteroatoms. The highest BCUT2D eigenvalue weighted by atomic mass is 15.1. The Bertz CT molecular complexity index is 236. The number of hydrogen-bond acceptors (Lipinski definition) is 1. The van der Waals surface area contributed by atoms with E-state index in [1.54, 1.807) is 5.57 Å². The molecule has 1 heterocycles. The van der Waals surface area contributed by atoms with Crippen molar-refractivity contribution in [2.45, 2.75) is 78.6 Å². The Morgan fingerprint density at radius 1 is 1.05 bits per heavy atom. The Kier molecular flexibility index (Phi) is 9.24. The molecule has 1 aliphatic rings. The summed E-state index contributed by atoms with van der Waals surface area (Å²) in [6, 6.07) is 0. The molecule has 0 aromatic rings. The van der Waals surface area contributed by atoms with Gasteiger partial charge in [0, 0.05) is 6.54 Å². The lowest BCUT2D eigenvalue weighted by Crippen LogP contribution is -2.34. The maximum absolute atomic E-state index is 2.68. The van der Waals surface area contributed by atoms with Gasteiger partial charge >= 0.3 is 0 Å². The maximum atomic E-state index is 2.68. The number of rotatable bonds is 9. The second-order valence-electron chi connectivity index (χ2n) is 6.42. The summed E-state index contributed by atoms with van der Waals surface area (Å²) >= 11 is 0. The van der Waals surface area contributed by atoms with Crippen LogP contribution in [0.15, 0.2) is 11.6 Å². The zero-order valence-electron chi connectivity index (χ0n) is 13.6. The Morgan fingerprint density at radius 2 is 1.79 bits per heavy atom. The van der Waals surface area contributed by atoms with Gasteiger partial charge in [-0.15, -0.1) is 0 Å². The molecule has 0 N–H and O–H groups in total. The molecule has 1 aliphatic heterocycles. The highest BCUT2D eigenvalue weighted by Gasteiger charge is 2.16. The van der Waals surface area contributed by atoms with Gasteiger partial charge in [-0.3, -0.25) is 4.90 Å². The minimum Gasteiger partial charge on any atom is -0.299 e. The average molecular weight is 265 g/mol. The Morgan fingerprint density at radius 3 is 2.42 bits per heavy atom. The smallest absolute Gasteiger partial charge is 0.0192 e. The van der Waals surface area contributed by atoms with Gasteiger partial charge in [0.15, 0.2) is 0 Å². The third-order valence-electron chi connectivity index (χ3n) is 4.38. The first kappa shape index (κ1) is 16.8. The van der Waals surface area contributed by atoms with Crippen LogP contribution in [0.25, 0.3) is 0 Å². The van der Waals surface area contributed by atoms with Crippen LogP contribution in [-0.4, -0.2) is 24.5 Å². The van der Waals surface area contributed by atoms with Gasteiger partial charge in [0.2, 0.25) is 0 Å². The lowest BCUT2D eigenvalue weighted by atomic mass is 9.98. The molecule has 0 bridgehead atoms. The summed E-state index contributed by atoms with van der Waals surface area (Å²) in [6.45, 7) is 10.9. The van der Waals surface area contributed by atoms with Crippen LogP contribution < -0.4 is 0 Å². The van der Waals surface area contributed by atoms with Crippen LogP contribution in [0.1, 0.15) is 78.6 Å². The fraction of sp³-hybridized carbons (Fsp3) is 0.889. The number of likely N-dealkylation sites (tertiary alicyclic amines) is 1. The highest BCUT2D eigenvalue weighted by Crippen LogP contribution is 2.19. The molecule has 0 aromatic carbocycles. The predicted octanol–water partition coefficient (Wildman–Crippen LogP) is 5.42. The van der Waals surface area contributed by atoms with E-state index in [2.05, 4.69) is 31.7 Å². The molecule has 0 amide bonds. The molecule has 0 aromatic heterocycles. The molecule has 0 saturated carbocycles. The molecule has 0 atom stereocenters. The fourth-order valence-corrected chi connectivity index (χ4v) is 2.88. The van der Waals surface area contributed by atoms with E-state index < -0.39 is 0 Å². The average Bonchev–Trinajstić information content (AvgIpc) is 2.43. The topological polar surface area (TPSA) is 3.24 Å². The molecule has 1 nitrogen and oxygen atoms in total. The molecule has 0 aliphatic carbocycles. The lowest BCUT2D eigenvalue weighted by Gasteiger charge is -2.31. The fourth-order valence-electron chi connectivity index (χ4n) is 2.88. The third-order valence-corrected chi connectivity index (χ3v) is 4.38. The normalized spacial score (nSPS) is 19.0. The molecule has 0 spiro atoms. The van der Waals surface area contributed by atoms with Gasteiger partial charge in [-0.1, -0.05) is 58.1 Å². The molecule has 1 rings (SSSR count). The SMILES string of the molecule is CCC/C=C(\CCCCCC)CN1CCC(C)CC1. The van der Waals surface area contributed by atoms with Crippen molar-refractivity contribution in [2.75, 3.05) is 19.6 Å². The van der Waals surface area contributed by atoms with E-state index >= 15 is 0 Å². The second-order valence-corrected chi connectivity index (χ2v) is 6.42. The van der Waals surface area contributed by atoms with Crippen molar-refractivity contribution in [3.05, 3.63) is 11.6 Å². The molecule has 0 unspecified atom stereocenters. The van der Waals surface area contributed by atoms with Crippen LogP contribution in [0.2, 0.25) is 0 Å². The number of unbranched alkanes of at least 4 members (excludes halogenated alkanes) is 4. The number of allylic oxidation sites excluding steroid dienone is 1. The standard InChI is InChI=1S/C18H35N/c1-4-6-8-9-11-18(10-7-5-2)16-19-14-12-17(3)13-15-19/h10,17H,4-9,11-16H2,1-3H3/b18-10+. The van der Waals surface area contributed by atoms with Crippen LogP contribution in [0.5, 0.6) is 0 Å². The van der Waals surface area contributed by atoms with Crippen LogP contribution in [-0.2, 0) is 0 Å². The Labute approximate surface area is 121 Å². The zero-order chi connectivity index (χ0) is 13.9. The summed E-state index contributed by atoms with van der Waals surface area (Å²) < 4.78 is 0. The summed E-state index contributed by atoms with van der Waals surface area (Å²) in [7, 11) is 0. The quantitative estimate of drug-likeness (QED) is 0.398. The molecule has 1 saturated heterocycles.